The highest BCUT2D eigenvalue weighted by atomic mass is 16.5. The zero-order valence-corrected chi connectivity index (χ0v) is 14.4. The number of aromatic nitrogens is 3. The number of rotatable bonds is 7. The second-order valence-electron chi connectivity index (χ2n) is 5.24. The maximum Gasteiger partial charge on any atom is 0.222 e. The third-order valence-electron chi connectivity index (χ3n) is 3.70. The number of pyridine rings is 3. The predicted octanol–water partition coefficient (Wildman–Crippen LogP) is 2.95. The Morgan fingerprint density at radius 3 is 2.62 bits per heavy atom. The van der Waals surface area contributed by atoms with Crippen LogP contribution in [0.15, 0.2) is 48.9 Å². The van der Waals surface area contributed by atoms with Crippen LogP contribution in [0.1, 0.15) is 15.9 Å². The summed E-state index contributed by atoms with van der Waals surface area (Å²) in [7, 11) is 3.05. The molecule has 0 amide bonds. The standard InChI is InChI=1S/C19H17N3O4/c1-24-17-9-14(11-23)16(10-22-17)26-12-13-5-3-7-20-18(13)15-6-4-8-21-19(15)25-2/h3-11H,12H2,1-2H3. The number of hydrogen-bond donors (Lipinski definition) is 0. The lowest BCUT2D eigenvalue weighted by Crippen LogP contribution is -2.03. The predicted molar refractivity (Wildman–Crippen MR) is 94.5 cm³/mol. The molecule has 132 valence electrons. The monoisotopic (exact) mass is 351 g/mol. The fraction of sp³-hybridized carbons (Fsp3) is 0.158. The molecule has 3 rings (SSSR count). The molecule has 3 aromatic heterocycles. The molecule has 7 nitrogen and oxygen atoms in total. The van der Waals surface area contributed by atoms with Crippen molar-refractivity contribution in [1.82, 2.24) is 15.0 Å². The number of methoxy groups -OCH3 is 2. The van der Waals surface area contributed by atoms with Crippen LogP contribution >= 0.6 is 0 Å². The van der Waals surface area contributed by atoms with Crippen LogP contribution in [0.5, 0.6) is 17.5 Å². The lowest BCUT2D eigenvalue weighted by Gasteiger charge is -2.13. The van der Waals surface area contributed by atoms with Crippen molar-refractivity contribution < 1.29 is 19.0 Å². The van der Waals surface area contributed by atoms with E-state index in [0.717, 1.165) is 11.1 Å². The van der Waals surface area contributed by atoms with E-state index >= 15 is 0 Å². The molecule has 0 N–H and O–H groups in total. The van der Waals surface area contributed by atoms with Gasteiger partial charge in [0.2, 0.25) is 11.8 Å². The van der Waals surface area contributed by atoms with Crippen molar-refractivity contribution in [3.8, 4) is 28.8 Å². The third-order valence-corrected chi connectivity index (χ3v) is 3.70. The molecule has 0 unspecified atom stereocenters. The van der Waals surface area contributed by atoms with Gasteiger partial charge in [-0.3, -0.25) is 9.78 Å². The molecule has 0 radical (unpaired) electrons. The molecule has 0 spiro atoms. The van der Waals surface area contributed by atoms with Gasteiger partial charge in [0, 0.05) is 24.0 Å². The zero-order valence-electron chi connectivity index (χ0n) is 14.4. The maximum absolute atomic E-state index is 11.3. The summed E-state index contributed by atoms with van der Waals surface area (Å²) < 4.78 is 16.1. The van der Waals surface area contributed by atoms with E-state index in [1.165, 1.54) is 19.4 Å². The fourth-order valence-corrected chi connectivity index (χ4v) is 2.45. The SMILES string of the molecule is COc1cc(C=O)c(OCc2cccnc2-c2cccnc2OC)cn1. The molecule has 0 aliphatic carbocycles. The van der Waals surface area contributed by atoms with Crippen LogP contribution in [0, 0.1) is 0 Å². The Hall–Kier alpha value is -3.48. The van der Waals surface area contributed by atoms with Gasteiger partial charge >= 0.3 is 0 Å². The first-order valence-electron chi connectivity index (χ1n) is 7.82. The van der Waals surface area contributed by atoms with E-state index < -0.39 is 0 Å². The number of nitrogens with zero attached hydrogens (tertiary/aromatic N) is 3. The minimum Gasteiger partial charge on any atom is -0.486 e. The molecule has 0 atom stereocenters. The van der Waals surface area contributed by atoms with Gasteiger partial charge < -0.3 is 14.2 Å². The highest BCUT2D eigenvalue weighted by molar-refractivity contribution is 5.79. The van der Waals surface area contributed by atoms with E-state index in [2.05, 4.69) is 15.0 Å². The van der Waals surface area contributed by atoms with E-state index in [9.17, 15) is 4.79 Å². The number of carbonyl (C=O) groups excluding carboxylic acids is 1. The Balaban J connectivity index is 1.89. The molecule has 0 saturated heterocycles. The smallest absolute Gasteiger partial charge is 0.222 e. The highest BCUT2D eigenvalue weighted by Gasteiger charge is 2.14. The summed E-state index contributed by atoms with van der Waals surface area (Å²) in [6.07, 6.45) is 5.51. The molecule has 0 aromatic carbocycles. The Bertz CT molecular complexity index is 915. The van der Waals surface area contributed by atoms with E-state index in [0.29, 0.717) is 35.1 Å². The Kier molecular flexibility index (Phi) is 5.38. The summed E-state index contributed by atoms with van der Waals surface area (Å²) in [6, 6.07) is 8.93. The average Bonchev–Trinajstić information content (AvgIpc) is 2.72. The fourth-order valence-electron chi connectivity index (χ4n) is 2.45. The van der Waals surface area contributed by atoms with Crippen LogP contribution in [0.3, 0.4) is 0 Å². The first kappa shape index (κ1) is 17.3. The number of ether oxygens (including phenoxy) is 3. The van der Waals surface area contributed by atoms with Crippen LogP contribution in [0.4, 0.5) is 0 Å². The van der Waals surface area contributed by atoms with Crippen molar-refractivity contribution in [1.29, 1.82) is 0 Å². The topological polar surface area (TPSA) is 83.4 Å². The summed E-state index contributed by atoms with van der Waals surface area (Å²) >= 11 is 0. The Morgan fingerprint density at radius 1 is 1.04 bits per heavy atom. The largest absolute Gasteiger partial charge is 0.486 e. The Morgan fingerprint density at radius 2 is 1.85 bits per heavy atom. The molecule has 0 aliphatic rings. The first-order chi connectivity index (χ1) is 12.8. The van der Waals surface area contributed by atoms with Crippen LogP contribution in [0.2, 0.25) is 0 Å². The normalized spacial score (nSPS) is 10.2. The van der Waals surface area contributed by atoms with Gasteiger partial charge in [0.1, 0.15) is 12.4 Å². The van der Waals surface area contributed by atoms with Gasteiger partial charge in [-0.15, -0.1) is 0 Å². The molecular formula is C19H17N3O4. The third kappa shape index (κ3) is 3.61. The van der Waals surface area contributed by atoms with Crippen molar-refractivity contribution in [3.63, 3.8) is 0 Å². The van der Waals surface area contributed by atoms with E-state index in [4.69, 9.17) is 14.2 Å². The lowest BCUT2D eigenvalue weighted by molar-refractivity contribution is 0.111. The second-order valence-corrected chi connectivity index (χ2v) is 5.24. The van der Waals surface area contributed by atoms with Crippen molar-refractivity contribution in [3.05, 3.63) is 60.0 Å². The van der Waals surface area contributed by atoms with E-state index in [-0.39, 0.29) is 6.61 Å². The molecule has 3 heterocycles. The summed E-state index contributed by atoms with van der Waals surface area (Å²) in [5.41, 5.74) is 2.65. The second kappa shape index (κ2) is 8.06. The zero-order chi connectivity index (χ0) is 18.4. The molecule has 0 bridgehead atoms. The summed E-state index contributed by atoms with van der Waals surface area (Å²) in [5.74, 6) is 1.20. The minimum absolute atomic E-state index is 0.204. The van der Waals surface area contributed by atoms with Gasteiger partial charge in [0.25, 0.3) is 0 Å². The minimum atomic E-state index is 0.204. The highest BCUT2D eigenvalue weighted by Crippen LogP contribution is 2.29. The van der Waals surface area contributed by atoms with E-state index in [1.54, 1.807) is 19.5 Å². The van der Waals surface area contributed by atoms with Crippen LogP contribution in [-0.4, -0.2) is 35.5 Å². The van der Waals surface area contributed by atoms with Crippen molar-refractivity contribution in [2.45, 2.75) is 6.61 Å². The first-order valence-corrected chi connectivity index (χ1v) is 7.82. The van der Waals surface area contributed by atoms with Crippen molar-refractivity contribution in [2.24, 2.45) is 0 Å². The summed E-state index contributed by atoms with van der Waals surface area (Å²) in [5, 5.41) is 0. The van der Waals surface area contributed by atoms with Crippen molar-refractivity contribution >= 4 is 6.29 Å². The van der Waals surface area contributed by atoms with Gasteiger partial charge in [-0.2, -0.15) is 0 Å². The van der Waals surface area contributed by atoms with Gasteiger partial charge in [-0.1, -0.05) is 6.07 Å². The van der Waals surface area contributed by atoms with Crippen LogP contribution in [-0.2, 0) is 6.61 Å². The Labute approximate surface area is 150 Å². The van der Waals surface area contributed by atoms with Gasteiger partial charge in [-0.05, 0) is 18.2 Å². The summed E-state index contributed by atoms with van der Waals surface area (Å²) in [4.78, 5) is 24.0. The molecule has 26 heavy (non-hydrogen) atoms. The van der Waals surface area contributed by atoms with Gasteiger partial charge in [-0.25, -0.2) is 9.97 Å². The molecule has 0 saturated carbocycles. The van der Waals surface area contributed by atoms with Crippen LogP contribution < -0.4 is 14.2 Å². The molecule has 0 fully saturated rings. The van der Waals surface area contributed by atoms with Crippen LogP contribution in [0.25, 0.3) is 11.3 Å². The lowest BCUT2D eigenvalue weighted by atomic mass is 10.1. The van der Waals surface area contributed by atoms with Gasteiger partial charge in [0.15, 0.2) is 6.29 Å². The molecular weight excluding hydrogens is 334 g/mol. The number of carbonyl (C=O) groups is 1. The molecule has 3 aromatic rings. The molecule has 0 aliphatic heterocycles. The summed E-state index contributed by atoms with van der Waals surface area (Å²) in [6.45, 7) is 0.204. The number of aldehydes is 1. The van der Waals surface area contributed by atoms with Gasteiger partial charge in [0.05, 0.1) is 37.2 Å². The van der Waals surface area contributed by atoms with Crippen molar-refractivity contribution in [2.75, 3.05) is 14.2 Å². The van der Waals surface area contributed by atoms with E-state index in [1.807, 2.05) is 24.3 Å². The number of hydrogen-bond acceptors (Lipinski definition) is 7. The quantitative estimate of drug-likeness (QED) is 0.605. The average molecular weight is 351 g/mol. The molecule has 7 heteroatoms. The maximum atomic E-state index is 11.3.